The van der Waals surface area contributed by atoms with E-state index in [-0.39, 0.29) is 44.6 Å². The number of rotatable bonds is 15. The lowest BCUT2D eigenvalue weighted by Gasteiger charge is -2.48. The second kappa shape index (κ2) is 19.6. The molecule has 0 rings (SSSR count). The fourth-order valence-electron chi connectivity index (χ4n) is 7.76. The molecule has 0 saturated carbocycles. The first-order chi connectivity index (χ1) is 13.9. The van der Waals surface area contributed by atoms with Crippen LogP contribution in [0.15, 0.2) is 0 Å². The van der Waals surface area contributed by atoms with E-state index in [1.807, 2.05) is 0 Å². The van der Waals surface area contributed by atoms with Gasteiger partial charge in [0.05, 0.1) is 0 Å². The molecule has 0 aromatic rings. The quantitative estimate of drug-likeness (QED) is 0.173. The minimum absolute atomic E-state index is 0. The number of hydrogen-bond donors (Lipinski definition) is 1. The van der Waals surface area contributed by atoms with Crippen LogP contribution in [0.25, 0.3) is 0 Å². The average molecular weight is 662 g/mol. The highest BCUT2D eigenvalue weighted by Crippen LogP contribution is 2.44. The van der Waals surface area contributed by atoms with Gasteiger partial charge in [-0.05, 0) is 17.4 Å². The normalized spacial score (nSPS) is 15.5. The zero-order chi connectivity index (χ0) is 25.9. The van der Waals surface area contributed by atoms with Crippen LogP contribution in [0.3, 0.4) is 0 Å². The van der Waals surface area contributed by atoms with Gasteiger partial charge >= 0.3 is 0 Å². The Bertz CT molecular complexity index is 555. The van der Waals surface area contributed by atoms with Crippen molar-refractivity contribution in [3.63, 3.8) is 0 Å². The molecule has 0 fully saturated rings. The molecule has 0 aliphatic heterocycles. The van der Waals surface area contributed by atoms with E-state index in [0.29, 0.717) is 0 Å². The van der Waals surface area contributed by atoms with Crippen LogP contribution in [0.1, 0.15) is 64.8 Å². The zero-order valence-corrected chi connectivity index (χ0v) is 32.3. The van der Waals surface area contributed by atoms with Gasteiger partial charge in [0, 0.05) is 48.4 Å². The van der Waals surface area contributed by atoms with Crippen LogP contribution in [0.2, 0.25) is 131 Å². The summed E-state index contributed by atoms with van der Waals surface area (Å²) in [6, 6.07) is 2.60. The summed E-state index contributed by atoms with van der Waals surface area (Å²) in [6.07, 6.45) is 1.35. The Morgan fingerprint density at radius 1 is 0.421 bits per heavy atom. The van der Waals surface area contributed by atoms with Gasteiger partial charge in [-0.1, -0.05) is 179 Å². The van der Waals surface area contributed by atoms with Crippen molar-refractivity contribution < 1.29 is 4.80 Å². The first kappa shape index (κ1) is 55.4. The second-order valence-electron chi connectivity index (χ2n) is 16.9. The van der Waals surface area contributed by atoms with Crippen LogP contribution in [0.5, 0.6) is 0 Å². The highest BCUT2D eigenvalue weighted by atomic mass is 28.5. The maximum atomic E-state index is 12.2. The van der Waals surface area contributed by atoms with E-state index >= 15 is 0 Å². The number of hydrogen-bond acceptors (Lipinski definition) is 1. The Morgan fingerprint density at radius 2 is 0.737 bits per heavy atom. The summed E-state index contributed by atoms with van der Waals surface area (Å²) in [6.45, 7) is 38.8. The molecule has 0 aliphatic carbocycles. The van der Waals surface area contributed by atoms with Crippen molar-refractivity contribution in [1.82, 2.24) is 0 Å². The molecule has 1 nitrogen and oxygen atoms in total. The summed E-state index contributed by atoms with van der Waals surface area (Å²) in [4.78, 5) is 12.2. The molecule has 2 unspecified atom stereocenters. The molecule has 0 aromatic carbocycles. The van der Waals surface area contributed by atoms with Gasteiger partial charge < -0.3 is 4.80 Å². The second-order valence-corrected chi connectivity index (χ2v) is 56.2. The van der Waals surface area contributed by atoms with Crippen molar-refractivity contribution in [3.05, 3.63) is 0 Å². The van der Waals surface area contributed by atoms with Crippen molar-refractivity contribution >= 4 is 56.8 Å². The molecule has 8 heteroatoms. The molecule has 0 bridgehead atoms. The van der Waals surface area contributed by atoms with Crippen molar-refractivity contribution in [3.8, 4) is 0 Å². The van der Waals surface area contributed by atoms with Gasteiger partial charge in [0.25, 0.3) is 0 Å². The molecule has 2 atom stereocenters. The lowest BCUT2D eigenvalue weighted by Crippen LogP contribution is -2.58. The summed E-state index contributed by atoms with van der Waals surface area (Å²) in [5, 5.41) is 0. The third-order valence-electron chi connectivity index (χ3n) is 6.62. The van der Waals surface area contributed by atoms with Crippen molar-refractivity contribution in [2.45, 2.75) is 196 Å². The van der Waals surface area contributed by atoms with Gasteiger partial charge in [-0.3, -0.25) is 0 Å². The van der Waals surface area contributed by atoms with Crippen molar-refractivity contribution in [2.24, 2.45) is 0 Å². The average Bonchev–Trinajstić information content (AvgIpc) is 2.37. The van der Waals surface area contributed by atoms with Crippen molar-refractivity contribution in [2.75, 3.05) is 0 Å². The van der Waals surface area contributed by atoms with Gasteiger partial charge in [0.1, 0.15) is 0 Å². The van der Waals surface area contributed by atoms with Crippen LogP contribution in [0, 0.1) is 0 Å². The summed E-state index contributed by atoms with van der Waals surface area (Å²) >= 11 is 0. The Hall–Kier alpha value is 1.48. The van der Waals surface area contributed by atoms with Gasteiger partial charge in [-0.15, -0.1) is 0 Å². The third kappa shape index (κ3) is 25.2. The summed E-state index contributed by atoms with van der Waals surface area (Å²) in [7, 11) is -9.67. The monoisotopic (exact) mass is 661 g/mol. The fourth-order valence-corrected chi connectivity index (χ4v) is 74.5. The maximum Gasteiger partial charge on any atom is 0.183 e. The maximum absolute atomic E-state index is 12.2. The molecular formula is C30H88OSi7. The summed E-state index contributed by atoms with van der Waals surface area (Å²) in [5.74, 6) is 0. The van der Waals surface area contributed by atoms with E-state index in [2.05, 4.69) is 99.0 Å². The predicted molar refractivity (Wildman–Crippen MR) is 214 cm³/mol. The molecule has 0 aliphatic rings. The zero-order valence-electron chi connectivity index (χ0n) is 25.3. The first-order valence-corrected chi connectivity index (χ1v) is 36.9. The van der Waals surface area contributed by atoms with Crippen molar-refractivity contribution in [1.29, 1.82) is 0 Å². The van der Waals surface area contributed by atoms with Crippen LogP contribution in [0.4, 0.5) is 0 Å². The Balaban J connectivity index is -0.000000320. The standard InChI is InChI=1S/C24H64OSi7.6CH4/c1-16-18-31(21-28(9,10)11,24-32(25,17-2)22-29(12,13)14)23-30(15,19-26(3,4)5)20-27(6,7)8;;;;;;/h25H,16-24H2,1-15H3;6*1H4. The lowest BCUT2D eigenvalue weighted by molar-refractivity contribution is 0.542. The van der Waals surface area contributed by atoms with Crippen LogP contribution in [-0.4, -0.2) is 61.6 Å². The smallest absolute Gasteiger partial charge is 0.183 e. The molecule has 0 aromatic heterocycles. The van der Waals surface area contributed by atoms with Crippen LogP contribution in [-0.2, 0) is 0 Å². The van der Waals surface area contributed by atoms with Crippen LogP contribution >= 0.6 is 0 Å². The van der Waals surface area contributed by atoms with Crippen LogP contribution < -0.4 is 0 Å². The highest BCUT2D eigenvalue weighted by Gasteiger charge is 2.50. The largest absolute Gasteiger partial charge is 0.432 e. The van der Waals surface area contributed by atoms with Gasteiger partial charge in [0.2, 0.25) is 0 Å². The highest BCUT2D eigenvalue weighted by molar-refractivity contribution is 7.13. The summed E-state index contributed by atoms with van der Waals surface area (Å²) < 4.78 is 0. The van der Waals surface area contributed by atoms with Gasteiger partial charge in [-0.2, -0.15) is 0 Å². The fraction of sp³-hybridized carbons (Fsp3) is 1.00. The SMILES string of the molecule is C.C.C.C.C.C.CCC[Si](C[Si](C)(C)C)(C[Si](C)(C[Si](C)(C)C)C[Si](C)(C)C)C[Si](O)(CC)C[Si](C)(C)C. The molecule has 0 saturated heterocycles. The van der Waals surface area contributed by atoms with Gasteiger partial charge in [0.15, 0.2) is 8.32 Å². The Labute approximate surface area is 256 Å². The topological polar surface area (TPSA) is 20.2 Å². The molecular weight excluding hydrogens is 573 g/mol. The predicted octanol–water partition coefficient (Wildman–Crippen LogP) is 13.3. The van der Waals surface area contributed by atoms with E-state index in [0.717, 1.165) is 6.04 Å². The molecule has 0 spiro atoms. The lowest BCUT2D eigenvalue weighted by atomic mass is 10.6. The van der Waals surface area contributed by atoms with E-state index in [4.69, 9.17) is 0 Å². The molecule has 1 N–H and O–H groups in total. The summed E-state index contributed by atoms with van der Waals surface area (Å²) in [5.41, 5.74) is 9.05. The molecule has 38 heavy (non-hydrogen) atoms. The van der Waals surface area contributed by atoms with E-state index in [9.17, 15) is 4.80 Å². The molecule has 0 amide bonds. The molecule has 242 valence electrons. The molecule has 0 radical (unpaired) electrons. The minimum Gasteiger partial charge on any atom is -0.432 e. The Morgan fingerprint density at radius 3 is 0.974 bits per heavy atom. The van der Waals surface area contributed by atoms with E-state index in [1.165, 1.54) is 23.8 Å². The van der Waals surface area contributed by atoms with E-state index < -0.39 is 56.8 Å². The Kier molecular flexibility index (Phi) is 28.6. The van der Waals surface area contributed by atoms with E-state index in [1.54, 1.807) is 22.7 Å². The third-order valence-corrected chi connectivity index (χ3v) is 51.0. The first-order valence-electron chi connectivity index (χ1n) is 13.6. The minimum atomic E-state index is -2.16. The van der Waals surface area contributed by atoms with Gasteiger partial charge in [-0.25, -0.2) is 0 Å². The molecule has 0 heterocycles.